The highest BCUT2D eigenvalue weighted by molar-refractivity contribution is 5.57. The third-order valence-electron chi connectivity index (χ3n) is 6.53. The van der Waals surface area contributed by atoms with E-state index in [4.69, 9.17) is 15.2 Å². The molecule has 4 heteroatoms. The van der Waals surface area contributed by atoms with E-state index in [9.17, 15) is 0 Å². The maximum absolute atomic E-state index is 5.98. The fourth-order valence-corrected chi connectivity index (χ4v) is 4.70. The lowest BCUT2D eigenvalue weighted by Crippen LogP contribution is -2.36. The summed E-state index contributed by atoms with van der Waals surface area (Å²) in [4.78, 5) is 2.49. The van der Waals surface area contributed by atoms with Gasteiger partial charge in [0, 0.05) is 17.9 Å². The van der Waals surface area contributed by atoms with Gasteiger partial charge in [0.25, 0.3) is 0 Å². The van der Waals surface area contributed by atoms with Gasteiger partial charge in [-0.15, -0.1) is 0 Å². The summed E-state index contributed by atoms with van der Waals surface area (Å²) >= 11 is 0. The van der Waals surface area contributed by atoms with Crippen molar-refractivity contribution in [3.8, 4) is 11.5 Å². The van der Waals surface area contributed by atoms with Crippen LogP contribution in [0.4, 0.5) is 11.4 Å². The highest BCUT2D eigenvalue weighted by Gasteiger charge is 2.28. The molecule has 0 amide bonds. The first-order chi connectivity index (χ1) is 16.7. The van der Waals surface area contributed by atoms with Crippen molar-refractivity contribution in [3.63, 3.8) is 0 Å². The summed E-state index contributed by atoms with van der Waals surface area (Å²) in [5.41, 5.74) is 13.1. The van der Waals surface area contributed by atoms with Crippen LogP contribution in [-0.2, 0) is 19.4 Å². The molecule has 0 fully saturated rings. The number of rotatable bonds is 7. The van der Waals surface area contributed by atoms with Crippen molar-refractivity contribution >= 4 is 11.4 Å². The van der Waals surface area contributed by atoms with Crippen molar-refractivity contribution in [2.75, 3.05) is 24.3 Å². The number of fused-ring (bicyclic) bond motifs is 1. The van der Waals surface area contributed by atoms with E-state index in [1.54, 1.807) is 7.11 Å². The number of anilines is 2. The lowest BCUT2D eigenvalue weighted by Gasteiger charge is -2.39. The van der Waals surface area contributed by atoms with Crippen molar-refractivity contribution in [2.45, 2.75) is 25.5 Å². The lowest BCUT2D eigenvalue weighted by molar-refractivity contribution is 0.306. The summed E-state index contributed by atoms with van der Waals surface area (Å²) in [5, 5.41) is 0. The Morgan fingerprint density at radius 3 is 2.29 bits per heavy atom. The SMILES string of the molecule is COc1ccc2c(c1)CCN(c1ccc(N)cc1)C2Cc1ccc(OCc2ccccc2)cc1. The molecular formula is C30H30N2O2. The molecule has 1 aliphatic heterocycles. The Balaban J connectivity index is 1.38. The van der Waals surface area contributed by atoms with Gasteiger partial charge in [-0.2, -0.15) is 0 Å². The van der Waals surface area contributed by atoms with Crippen LogP contribution < -0.4 is 20.1 Å². The van der Waals surface area contributed by atoms with Crippen LogP contribution in [0.5, 0.6) is 11.5 Å². The molecule has 0 bridgehead atoms. The van der Waals surface area contributed by atoms with Gasteiger partial charge in [-0.25, -0.2) is 0 Å². The molecule has 1 heterocycles. The monoisotopic (exact) mass is 450 g/mol. The highest BCUT2D eigenvalue weighted by Crippen LogP contribution is 2.38. The number of hydrogen-bond donors (Lipinski definition) is 1. The van der Waals surface area contributed by atoms with Crippen LogP contribution in [0, 0.1) is 0 Å². The van der Waals surface area contributed by atoms with Gasteiger partial charge in [0.1, 0.15) is 18.1 Å². The average molecular weight is 451 g/mol. The second-order valence-electron chi connectivity index (χ2n) is 8.74. The summed E-state index contributed by atoms with van der Waals surface area (Å²) in [7, 11) is 1.73. The number of benzene rings is 4. The molecule has 0 saturated heterocycles. The van der Waals surface area contributed by atoms with Crippen molar-refractivity contribution in [1.82, 2.24) is 0 Å². The maximum atomic E-state index is 5.98. The minimum absolute atomic E-state index is 0.231. The summed E-state index contributed by atoms with van der Waals surface area (Å²) in [6.45, 7) is 1.52. The van der Waals surface area contributed by atoms with E-state index in [2.05, 4.69) is 71.6 Å². The number of methoxy groups -OCH3 is 1. The van der Waals surface area contributed by atoms with Crippen LogP contribution in [0.1, 0.15) is 28.3 Å². The van der Waals surface area contributed by atoms with Crippen molar-refractivity contribution in [2.24, 2.45) is 0 Å². The second-order valence-corrected chi connectivity index (χ2v) is 8.74. The molecule has 5 rings (SSSR count). The highest BCUT2D eigenvalue weighted by atomic mass is 16.5. The van der Waals surface area contributed by atoms with E-state index in [0.29, 0.717) is 6.61 Å². The van der Waals surface area contributed by atoms with Gasteiger partial charge in [-0.3, -0.25) is 0 Å². The topological polar surface area (TPSA) is 47.7 Å². The average Bonchev–Trinajstić information content (AvgIpc) is 2.89. The van der Waals surface area contributed by atoms with Crippen molar-refractivity contribution < 1.29 is 9.47 Å². The van der Waals surface area contributed by atoms with E-state index in [1.807, 2.05) is 30.3 Å². The van der Waals surface area contributed by atoms with Crippen LogP contribution in [0.15, 0.2) is 97.1 Å². The molecule has 0 saturated carbocycles. The molecule has 0 radical (unpaired) electrons. The Morgan fingerprint density at radius 2 is 1.56 bits per heavy atom. The molecule has 1 atom stereocenters. The van der Waals surface area contributed by atoms with E-state index in [1.165, 1.54) is 27.9 Å². The minimum atomic E-state index is 0.231. The molecule has 0 aliphatic carbocycles. The van der Waals surface area contributed by atoms with Gasteiger partial charge in [-0.05, 0) is 83.6 Å². The number of ether oxygens (including phenoxy) is 2. The van der Waals surface area contributed by atoms with Crippen LogP contribution in [0.25, 0.3) is 0 Å². The van der Waals surface area contributed by atoms with Crippen molar-refractivity contribution in [3.05, 3.63) is 119 Å². The Hall–Kier alpha value is -3.92. The van der Waals surface area contributed by atoms with Gasteiger partial charge >= 0.3 is 0 Å². The molecule has 1 aliphatic rings. The second kappa shape index (κ2) is 9.92. The predicted octanol–water partition coefficient (Wildman–Crippen LogP) is 6.20. The van der Waals surface area contributed by atoms with E-state index >= 15 is 0 Å². The van der Waals surface area contributed by atoms with Crippen LogP contribution in [0.3, 0.4) is 0 Å². The summed E-state index contributed by atoms with van der Waals surface area (Å²) < 4.78 is 11.5. The Bertz CT molecular complexity index is 1220. The molecule has 172 valence electrons. The standard InChI is InChI=1S/C30H30N2O2/c1-33-28-15-16-29-24(20-28)17-18-32(26-11-9-25(31)10-12-26)30(29)19-22-7-13-27(14-8-22)34-21-23-5-3-2-4-6-23/h2-16,20,30H,17-19,21,31H2,1H3. The van der Waals surface area contributed by atoms with Crippen LogP contribution in [0.2, 0.25) is 0 Å². The smallest absolute Gasteiger partial charge is 0.119 e. The fraction of sp³-hybridized carbons (Fsp3) is 0.200. The van der Waals surface area contributed by atoms with Gasteiger partial charge in [0.2, 0.25) is 0 Å². The first kappa shape index (κ1) is 21.9. The van der Waals surface area contributed by atoms with E-state index < -0.39 is 0 Å². The van der Waals surface area contributed by atoms with Crippen LogP contribution >= 0.6 is 0 Å². The van der Waals surface area contributed by atoms with Gasteiger partial charge in [0.15, 0.2) is 0 Å². The molecule has 2 N–H and O–H groups in total. The molecule has 4 nitrogen and oxygen atoms in total. The minimum Gasteiger partial charge on any atom is -0.497 e. The van der Waals surface area contributed by atoms with E-state index in [-0.39, 0.29) is 6.04 Å². The van der Waals surface area contributed by atoms with Gasteiger partial charge < -0.3 is 20.1 Å². The molecule has 34 heavy (non-hydrogen) atoms. The Labute approximate surface area is 201 Å². The third-order valence-corrected chi connectivity index (χ3v) is 6.53. The molecular weight excluding hydrogens is 420 g/mol. The lowest BCUT2D eigenvalue weighted by atomic mass is 9.88. The Morgan fingerprint density at radius 1 is 0.824 bits per heavy atom. The molecule has 0 spiro atoms. The first-order valence-electron chi connectivity index (χ1n) is 11.7. The Kier molecular flexibility index (Phi) is 6.39. The molecule has 0 aromatic heterocycles. The summed E-state index contributed by atoms with van der Waals surface area (Å²) in [5.74, 6) is 1.80. The molecule has 1 unspecified atom stereocenters. The number of nitrogen functional groups attached to an aromatic ring is 1. The number of nitrogens with zero attached hydrogens (tertiary/aromatic N) is 1. The quantitative estimate of drug-likeness (QED) is 0.341. The van der Waals surface area contributed by atoms with Gasteiger partial charge in [-0.1, -0.05) is 48.5 Å². The normalized spacial score (nSPS) is 15.0. The van der Waals surface area contributed by atoms with E-state index in [0.717, 1.165) is 36.6 Å². The fourth-order valence-electron chi connectivity index (χ4n) is 4.70. The summed E-state index contributed by atoms with van der Waals surface area (Å²) in [6.07, 6.45) is 1.89. The summed E-state index contributed by atoms with van der Waals surface area (Å²) in [6, 6.07) is 33.7. The zero-order chi connectivity index (χ0) is 23.3. The molecule has 4 aromatic rings. The largest absolute Gasteiger partial charge is 0.497 e. The zero-order valence-electron chi connectivity index (χ0n) is 19.5. The van der Waals surface area contributed by atoms with Crippen molar-refractivity contribution in [1.29, 1.82) is 0 Å². The maximum Gasteiger partial charge on any atom is 0.119 e. The zero-order valence-corrected chi connectivity index (χ0v) is 19.5. The first-order valence-corrected chi connectivity index (χ1v) is 11.7. The number of hydrogen-bond acceptors (Lipinski definition) is 4. The van der Waals surface area contributed by atoms with Gasteiger partial charge in [0.05, 0.1) is 13.2 Å². The van der Waals surface area contributed by atoms with Crippen LogP contribution in [-0.4, -0.2) is 13.7 Å². The number of nitrogens with two attached hydrogens (primary N) is 1. The molecule has 4 aromatic carbocycles. The third kappa shape index (κ3) is 4.86. The predicted molar refractivity (Wildman–Crippen MR) is 139 cm³/mol.